The molecule has 0 aliphatic carbocycles. The van der Waals surface area contributed by atoms with Crippen LogP contribution in [0.15, 0.2) is 0 Å². The van der Waals surface area contributed by atoms with Gasteiger partial charge >= 0.3 is 0 Å². The van der Waals surface area contributed by atoms with E-state index in [1.54, 1.807) is 0 Å². The molecular formula is C11H30OS. The van der Waals surface area contributed by atoms with Crippen LogP contribution in [-0.4, -0.2) is 10.1 Å². The van der Waals surface area contributed by atoms with Crippen molar-refractivity contribution in [3.8, 4) is 0 Å². The van der Waals surface area contributed by atoms with Gasteiger partial charge in [0.1, 0.15) is 0 Å². The summed E-state index contributed by atoms with van der Waals surface area (Å²) < 4.78 is 8.74. The molecule has 2 heteroatoms. The molecule has 0 amide bonds. The molecule has 0 aliphatic heterocycles. The third-order valence-electron chi connectivity index (χ3n) is 0.500. The van der Waals surface area contributed by atoms with Gasteiger partial charge in [0.25, 0.3) is 0 Å². The second-order valence-corrected chi connectivity index (χ2v) is 2.06. The first-order valence-electron chi connectivity index (χ1n) is 4.78. The number of unbranched alkanes of at least 4 members (excludes halogenated alkanes) is 1. The normalized spacial score (nSPS) is 5.08. The van der Waals surface area contributed by atoms with Crippen molar-refractivity contribution in [2.45, 2.75) is 68.2 Å². The largest absolute Gasteiger partial charge is 0.213 e. The molecule has 0 radical (unpaired) electrons. The zero-order valence-electron chi connectivity index (χ0n) is 9.64. The summed E-state index contributed by atoms with van der Waals surface area (Å²) >= 11 is 0.250. The van der Waals surface area contributed by atoms with E-state index in [0.29, 0.717) is 0 Å². The van der Waals surface area contributed by atoms with Gasteiger partial charge in [-0.3, -0.25) is 0 Å². The predicted octanol–water partition coefficient (Wildman–Crippen LogP) is 4.52. The van der Waals surface area contributed by atoms with Gasteiger partial charge in [-0.2, -0.15) is 0 Å². The Morgan fingerprint density at radius 3 is 1.08 bits per heavy atom. The summed E-state index contributed by atoms with van der Waals surface area (Å²) in [5.74, 6) is 2.85. The topological polar surface area (TPSA) is 17.1 Å². The van der Waals surface area contributed by atoms with Crippen LogP contribution >= 0.6 is 0 Å². The molecule has 0 fully saturated rings. The van der Waals surface area contributed by atoms with Gasteiger partial charge in [0.05, 0.1) is 11.3 Å². The lowest BCUT2D eigenvalue weighted by molar-refractivity contribution is 0.701. The van der Waals surface area contributed by atoms with E-state index in [1.165, 1.54) is 19.3 Å². The highest BCUT2D eigenvalue weighted by atomic mass is 32.1. The van der Waals surface area contributed by atoms with Crippen molar-refractivity contribution in [1.82, 2.24) is 0 Å². The smallest absolute Gasteiger partial charge is 0.0805 e. The fourth-order valence-electron chi connectivity index (χ4n) is 0. The fraction of sp³-hybridized carbons (Fsp3) is 0.909. The summed E-state index contributed by atoms with van der Waals surface area (Å²) in [5, 5.41) is 0. The van der Waals surface area contributed by atoms with Gasteiger partial charge in [0, 0.05) is 0 Å². The lowest BCUT2D eigenvalue weighted by Gasteiger charge is -1.68. The van der Waals surface area contributed by atoms with Crippen LogP contribution in [0, 0.1) is 0 Å². The van der Waals surface area contributed by atoms with E-state index >= 15 is 0 Å². The lowest BCUT2D eigenvalue weighted by atomic mass is 10.4. The van der Waals surface area contributed by atoms with Gasteiger partial charge in [-0.15, -0.1) is 0 Å². The van der Waals surface area contributed by atoms with Gasteiger partial charge in [0.15, 0.2) is 0 Å². The molecule has 0 aromatic heterocycles. The highest BCUT2D eigenvalue weighted by molar-refractivity contribution is 7.63. The summed E-state index contributed by atoms with van der Waals surface area (Å²) in [6.45, 7) is 12.6. The van der Waals surface area contributed by atoms with Crippen LogP contribution in [0.5, 0.6) is 0 Å². The Morgan fingerprint density at radius 1 is 1.00 bits per heavy atom. The molecule has 0 bridgehead atoms. The van der Waals surface area contributed by atoms with Gasteiger partial charge in [0.2, 0.25) is 0 Å². The van der Waals surface area contributed by atoms with Crippen molar-refractivity contribution in [1.29, 1.82) is 0 Å². The number of hydrogen-bond donors (Lipinski definition) is 0. The van der Waals surface area contributed by atoms with Crippen molar-refractivity contribution < 1.29 is 4.21 Å². The summed E-state index contributed by atoms with van der Waals surface area (Å²) in [4.78, 5) is 0. The van der Waals surface area contributed by atoms with E-state index in [2.05, 4.69) is 33.6 Å². The van der Waals surface area contributed by atoms with Gasteiger partial charge in [-0.05, 0) is 5.87 Å². The van der Waals surface area contributed by atoms with E-state index in [4.69, 9.17) is 4.21 Å². The maximum atomic E-state index is 8.74. The van der Waals surface area contributed by atoms with Crippen LogP contribution in [0.2, 0.25) is 0 Å². The highest BCUT2D eigenvalue weighted by Crippen LogP contribution is 1.76. The average Bonchev–Trinajstić information content (AvgIpc) is 2.10. The maximum Gasteiger partial charge on any atom is 0.0805 e. The Kier molecular flexibility index (Phi) is 210. The van der Waals surface area contributed by atoms with Crippen molar-refractivity contribution in [3.63, 3.8) is 0 Å². The first-order chi connectivity index (χ1) is 5.74. The molecule has 0 unspecified atom stereocenters. The lowest BCUT2D eigenvalue weighted by Crippen LogP contribution is -1.47. The van der Waals surface area contributed by atoms with Crippen molar-refractivity contribution in [3.05, 3.63) is 0 Å². The maximum absolute atomic E-state index is 8.74. The molecule has 13 heavy (non-hydrogen) atoms. The third-order valence-corrected chi connectivity index (χ3v) is 0.500. The van der Waals surface area contributed by atoms with Crippen LogP contribution < -0.4 is 0 Å². The van der Waals surface area contributed by atoms with E-state index in [9.17, 15) is 0 Å². The summed E-state index contributed by atoms with van der Waals surface area (Å²) in [6.07, 6.45) is 3.89. The van der Waals surface area contributed by atoms with Crippen molar-refractivity contribution in [2.75, 3.05) is 0 Å². The van der Waals surface area contributed by atoms with Gasteiger partial charge < -0.3 is 0 Å². The predicted molar refractivity (Wildman–Crippen MR) is 69.9 cm³/mol. The molecule has 0 aromatic rings. The molecule has 0 heterocycles. The number of hydrogen-bond acceptors (Lipinski definition) is 1. The first kappa shape index (κ1) is 29.3. The summed E-state index contributed by atoms with van der Waals surface area (Å²) in [5.41, 5.74) is 0. The molecule has 1 nitrogen and oxygen atoms in total. The second-order valence-electron chi connectivity index (χ2n) is 1.82. The van der Waals surface area contributed by atoms with Gasteiger partial charge in [-0.1, -0.05) is 68.2 Å². The van der Waals surface area contributed by atoms with E-state index in [0.717, 1.165) is 0 Å². The minimum atomic E-state index is 0. The van der Waals surface area contributed by atoms with E-state index in [1.807, 2.05) is 13.8 Å². The Labute approximate surface area is 90.0 Å². The molecule has 0 rings (SSSR count). The molecule has 0 spiro atoms. The van der Waals surface area contributed by atoms with E-state index < -0.39 is 0 Å². The first-order valence-corrected chi connectivity index (χ1v) is 5.69. The van der Waals surface area contributed by atoms with Gasteiger partial charge in [-0.25, -0.2) is 4.21 Å². The molecule has 0 saturated heterocycles. The molecule has 0 aliphatic rings. The molecule has 86 valence electrons. The minimum Gasteiger partial charge on any atom is -0.213 e. The van der Waals surface area contributed by atoms with Crippen LogP contribution in [0.1, 0.15) is 68.2 Å². The molecule has 0 N–H and O–H groups in total. The Morgan fingerprint density at radius 2 is 1.08 bits per heavy atom. The van der Waals surface area contributed by atoms with Crippen LogP contribution in [0.3, 0.4) is 0 Å². The molecule has 0 atom stereocenters. The fourth-order valence-corrected chi connectivity index (χ4v) is 0. The molecule has 0 aromatic carbocycles. The Bertz CT molecular complexity index is 55.1. The zero-order chi connectivity index (χ0) is 10.8. The summed E-state index contributed by atoms with van der Waals surface area (Å²) in [6, 6.07) is 0. The van der Waals surface area contributed by atoms with Crippen LogP contribution in [0.25, 0.3) is 0 Å². The highest BCUT2D eigenvalue weighted by Gasteiger charge is 1.56. The van der Waals surface area contributed by atoms with Crippen molar-refractivity contribution >= 4 is 17.1 Å². The van der Waals surface area contributed by atoms with Crippen LogP contribution in [-0.2, 0) is 11.3 Å². The second kappa shape index (κ2) is 93.2. The molecular weight excluding hydrogens is 180 g/mol. The minimum absolute atomic E-state index is 0. The SMILES string of the molecule is C.C=S=O.CC.CCC.CCCC. The van der Waals surface area contributed by atoms with Crippen LogP contribution in [0.4, 0.5) is 0 Å². The molecule has 0 saturated carbocycles. The quantitative estimate of drug-likeness (QED) is 0.582. The monoisotopic (exact) mass is 210 g/mol. The zero-order valence-corrected chi connectivity index (χ0v) is 10.5. The summed E-state index contributed by atoms with van der Waals surface area (Å²) in [7, 11) is 0. The Hall–Kier alpha value is -0.110. The number of rotatable bonds is 1. The standard InChI is InChI=1S/C4H10.C3H8.C2H6.CH2OS.CH4/c1-3-4-2;1-3-2;1-2;1-3-2;/h3-4H2,1-2H3;3H2,1-2H3;1-2H3;1H2;1H4. The Balaban J connectivity index is -0.0000000220. The van der Waals surface area contributed by atoms with Crippen molar-refractivity contribution in [2.24, 2.45) is 0 Å². The third kappa shape index (κ3) is 1470. The van der Waals surface area contributed by atoms with E-state index in [-0.39, 0.29) is 18.7 Å². The average molecular weight is 210 g/mol.